The minimum atomic E-state index is 0.610. The van der Waals surface area contributed by atoms with Gasteiger partial charge in [-0.3, -0.25) is 0 Å². The molecule has 0 fully saturated rings. The van der Waals surface area contributed by atoms with Crippen molar-refractivity contribution < 1.29 is 4.42 Å². The highest BCUT2D eigenvalue weighted by molar-refractivity contribution is 7.13. The van der Waals surface area contributed by atoms with Gasteiger partial charge in [-0.05, 0) is 30.5 Å². The minimum absolute atomic E-state index is 0.610. The summed E-state index contributed by atoms with van der Waals surface area (Å²) >= 11 is 1.61. The quantitative estimate of drug-likeness (QED) is 0.626. The Morgan fingerprint density at radius 3 is 2.93 bits per heavy atom. The molecule has 74 valence electrons. The smallest absolute Gasteiger partial charge is 0.247 e. The molecule has 0 aliphatic carbocycles. The molecule has 3 nitrogen and oxygen atoms in total. The molecule has 0 spiro atoms. The number of oxazole rings is 1. The molecule has 3 rings (SSSR count). The topological polar surface area (TPSA) is 38.9 Å². The molecule has 0 aliphatic rings. The van der Waals surface area contributed by atoms with Gasteiger partial charge in [0.1, 0.15) is 5.52 Å². The summed E-state index contributed by atoms with van der Waals surface area (Å²) in [5.41, 5.74) is 2.36. The van der Waals surface area contributed by atoms with Crippen molar-refractivity contribution in [3.8, 4) is 10.8 Å². The third kappa shape index (κ3) is 1.43. The lowest BCUT2D eigenvalue weighted by Crippen LogP contribution is -1.78. The Balaban J connectivity index is 2.22. The number of hydrogen-bond acceptors (Lipinski definition) is 4. The lowest BCUT2D eigenvalue weighted by molar-refractivity contribution is 0.608. The molecule has 3 aromatic rings. The maximum absolute atomic E-state index is 5.58. The van der Waals surface area contributed by atoms with Gasteiger partial charge in [-0.1, -0.05) is 6.07 Å². The van der Waals surface area contributed by atoms with Gasteiger partial charge in [-0.25, -0.2) is 9.97 Å². The van der Waals surface area contributed by atoms with Crippen molar-refractivity contribution >= 4 is 22.6 Å². The number of thiophene rings is 1. The van der Waals surface area contributed by atoms with Crippen LogP contribution in [0.1, 0.15) is 5.69 Å². The first-order valence-electron chi connectivity index (χ1n) is 4.61. The molecule has 0 saturated heterocycles. The maximum Gasteiger partial charge on any atom is 0.247 e. The second-order valence-electron chi connectivity index (χ2n) is 3.27. The van der Waals surface area contributed by atoms with Crippen molar-refractivity contribution in [3.05, 3.63) is 35.3 Å². The summed E-state index contributed by atoms with van der Waals surface area (Å²) in [7, 11) is 0. The number of pyridine rings is 1. The molecule has 0 saturated carbocycles. The number of fused-ring (bicyclic) bond motifs is 1. The van der Waals surface area contributed by atoms with E-state index in [4.69, 9.17) is 4.42 Å². The van der Waals surface area contributed by atoms with Gasteiger partial charge in [0.25, 0.3) is 0 Å². The summed E-state index contributed by atoms with van der Waals surface area (Å²) in [6.45, 7) is 1.94. The van der Waals surface area contributed by atoms with Crippen LogP contribution < -0.4 is 0 Å². The van der Waals surface area contributed by atoms with E-state index in [1.54, 1.807) is 11.3 Å². The zero-order chi connectivity index (χ0) is 10.3. The van der Waals surface area contributed by atoms with Crippen molar-refractivity contribution in [2.75, 3.05) is 0 Å². The summed E-state index contributed by atoms with van der Waals surface area (Å²) in [4.78, 5) is 9.69. The van der Waals surface area contributed by atoms with E-state index in [1.165, 1.54) is 0 Å². The largest absolute Gasteiger partial charge is 0.417 e. The molecule has 0 aromatic carbocycles. The number of aryl methyl sites for hydroxylation is 1. The SMILES string of the molecule is Cc1ccc2nc(-c3cccs3)oc2n1. The lowest BCUT2D eigenvalue weighted by Gasteiger charge is -1.87. The minimum Gasteiger partial charge on any atom is -0.417 e. The first-order chi connectivity index (χ1) is 7.33. The van der Waals surface area contributed by atoms with Crippen molar-refractivity contribution in [1.82, 2.24) is 9.97 Å². The van der Waals surface area contributed by atoms with Crippen molar-refractivity contribution in [2.45, 2.75) is 6.92 Å². The Morgan fingerprint density at radius 1 is 1.20 bits per heavy atom. The Bertz CT molecular complexity index is 598. The van der Waals surface area contributed by atoms with Crippen LogP contribution in [-0.2, 0) is 0 Å². The van der Waals surface area contributed by atoms with Crippen LogP contribution in [-0.4, -0.2) is 9.97 Å². The molecular weight excluding hydrogens is 208 g/mol. The molecule has 3 heterocycles. The van der Waals surface area contributed by atoms with E-state index >= 15 is 0 Å². The second-order valence-corrected chi connectivity index (χ2v) is 4.22. The van der Waals surface area contributed by atoms with E-state index in [-0.39, 0.29) is 0 Å². The van der Waals surface area contributed by atoms with Gasteiger partial charge >= 0.3 is 0 Å². The normalized spacial score (nSPS) is 11.0. The van der Waals surface area contributed by atoms with Crippen LogP contribution in [0.5, 0.6) is 0 Å². The number of aromatic nitrogens is 2. The Hall–Kier alpha value is -1.68. The average molecular weight is 216 g/mol. The standard InChI is InChI=1S/C11H8N2OS/c1-7-4-5-8-10(12-7)14-11(13-8)9-3-2-6-15-9/h2-6H,1H3. The fourth-order valence-electron chi connectivity index (χ4n) is 1.42. The third-order valence-electron chi connectivity index (χ3n) is 2.13. The van der Waals surface area contributed by atoms with E-state index in [0.717, 1.165) is 16.1 Å². The number of hydrogen-bond donors (Lipinski definition) is 0. The van der Waals surface area contributed by atoms with Crippen LogP contribution in [0.4, 0.5) is 0 Å². The first kappa shape index (κ1) is 8.61. The van der Waals surface area contributed by atoms with Crippen LogP contribution in [0.2, 0.25) is 0 Å². The highest BCUT2D eigenvalue weighted by Gasteiger charge is 2.09. The summed E-state index contributed by atoms with van der Waals surface area (Å²) in [5.74, 6) is 0.651. The van der Waals surface area contributed by atoms with Crippen LogP contribution in [0.15, 0.2) is 34.1 Å². The number of rotatable bonds is 1. The zero-order valence-corrected chi connectivity index (χ0v) is 8.91. The van der Waals surface area contributed by atoms with Gasteiger partial charge < -0.3 is 4.42 Å². The molecule has 0 atom stereocenters. The van der Waals surface area contributed by atoms with Gasteiger partial charge in [0.05, 0.1) is 4.88 Å². The van der Waals surface area contributed by atoms with Crippen molar-refractivity contribution in [3.63, 3.8) is 0 Å². The summed E-state index contributed by atoms with van der Waals surface area (Å²) in [6, 6.07) is 7.83. The van der Waals surface area contributed by atoms with Gasteiger partial charge in [0.2, 0.25) is 11.6 Å². The van der Waals surface area contributed by atoms with E-state index in [1.807, 2.05) is 36.6 Å². The molecule has 15 heavy (non-hydrogen) atoms. The average Bonchev–Trinajstić information content (AvgIpc) is 2.84. The fraction of sp³-hybridized carbons (Fsp3) is 0.0909. The Morgan fingerprint density at radius 2 is 2.13 bits per heavy atom. The maximum atomic E-state index is 5.58. The van der Waals surface area contributed by atoms with E-state index in [0.29, 0.717) is 11.6 Å². The van der Waals surface area contributed by atoms with Crippen molar-refractivity contribution in [1.29, 1.82) is 0 Å². The van der Waals surface area contributed by atoms with Crippen LogP contribution in [0, 0.1) is 6.92 Å². The molecule has 4 heteroatoms. The monoisotopic (exact) mass is 216 g/mol. The Labute approximate surface area is 90.4 Å². The highest BCUT2D eigenvalue weighted by Crippen LogP contribution is 2.26. The molecular formula is C11H8N2OS. The molecule has 0 aliphatic heterocycles. The Kier molecular flexibility index (Phi) is 1.82. The summed E-state index contributed by atoms with van der Waals surface area (Å²) in [5, 5.41) is 2.00. The van der Waals surface area contributed by atoms with Crippen LogP contribution >= 0.6 is 11.3 Å². The third-order valence-corrected chi connectivity index (χ3v) is 2.98. The van der Waals surface area contributed by atoms with E-state index in [9.17, 15) is 0 Å². The molecule has 0 N–H and O–H groups in total. The van der Waals surface area contributed by atoms with E-state index < -0.39 is 0 Å². The molecule has 0 amide bonds. The van der Waals surface area contributed by atoms with Crippen molar-refractivity contribution in [2.24, 2.45) is 0 Å². The molecule has 0 radical (unpaired) electrons. The highest BCUT2D eigenvalue weighted by atomic mass is 32.1. The predicted octanol–water partition coefficient (Wildman–Crippen LogP) is 3.26. The molecule has 0 unspecified atom stereocenters. The van der Waals surface area contributed by atoms with Crippen LogP contribution in [0.3, 0.4) is 0 Å². The van der Waals surface area contributed by atoms with Crippen LogP contribution in [0.25, 0.3) is 22.0 Å². The molecule has 0 bridgehead atoms. The predicted molar refractivity (Wildman–Crippen MR) is 59.9 cm³/mol. The van der Waals surface area contributed by atoms with Gasteiger partial charge in [0.15, 0.2) is 0 Å². The molecule has 3 aromatic heterocycles. The van der Waals surface area contributed by atoms with E-state index in [2.05, 4.69) is 9.97 Å². The fourth-order valence-corrected chi connectivity index (χ4v) is 2.06. The summed E-state index contributed by atoms with van der Waals surface area (Å²) < 4.78 is 5.58. The van der Waals surface area contributed by atoms with Gasteiger partial charge in [-0.15, -0.1) is 11.3 Å². The lowest BCUT2D eigenvalue weighted by atomic mass is 10.4. The second kappa shape index (κ2) is 3.17. The zero-order valence-electron chi connectivity index (χ0n) is 8.10. The number of nitrogens with zero attached hydrogens (tertiary/aromatic N) is 2. The summed E-state index contributed by atoms with van der Waals surface area (Å²) in [6.07, 6.45) is 0. The van der Waals surface area contributed by atoms with Gasteiger partial charge in [0, 0.05) is 5.69 Å². The first-order valence-corrected chi connectivity index (χ1v) is 5.49. The van der Waals surface area contributed by atoms with Gasteiger partial charge in [-0.2, -0.15) is 0 Å².